The molecule has 3 heteroatoms. The molecule has 0 aromatic carbocycles. The van der Waals surface area contributed by atoms with E-state index in [1.807, 2.05) is 29.9 Å². The Morgan fingerprint density at radius 1 is 1.00 bits per heavy atom. The van der Waals surface area contributed by atoms with Crippen molar-refractivity contribution >= 4 is 21.4 Å². The summed E-state index contributed by atoms with van der Waals surface area (Å²) in [6.45, 7) is 6.66. The quantitative estimate of drug-likeness (QED) is 0.588. The maximum atomic E-state index is 4.74. The van der Waals surface area contributed by atoms with Crippen molar-refractivity contribution in [2.24, 2.45) is 0 Å². The molecule has 0 aliphatic heterocycles. The summed E-state index contributed by atoms with van der Waals surface area (Å²) in [5.74, 6) is 0. The molecule has 4 rings (SSSR count). The van der Waals surface area contributed by atoms with Crippen molar-refractivity contribution in [2.75, 3.05) is 0 Å². The number of fused-ring (bicyclic) bond motifs is 3. The van der Waals surface area contributed by atoms with Gasteiger partial charge in [0.25, 0.3) is 0 Å². The molecule has 0 saturated carbocycles. The standard InChI is InChI=1S/C20H22N2S/c1-20(2,3)13-8-9-17(22-10-13)16-12-21-11-15-14-6-4-5-7-18(14)23-19(15)16/h8-12H,4-7H2,1-3H3. The normalized spacial score (nSPS) is 14.9. The molecule has 0 bridgehead atoms. The van der Waals surface area contributed by atoms with E-state index < -0.39 is 0 Å². The number of hydrogen-bond donors (Lipinski definition) is 0. The zero-order valence-electron chi connectivity index (χ0n) is 14.0. The summed E-state index contributed by atoms with van der Waals surface area (Å²) in [4.78, 5) is 10.8. The average Bonchev–Trinajstić information content (AvgIpc) is 2.93. The predicted octanol–water partition coefficient (Wildman–Crippen LogP) is 5.53. The van der Waals surface area contributed by atoms with E-state index in [1.54, 1.807) is 4.88 Å². The molecule has 0 spiro atoms. The molecule has 3 heterocycles. The zero-order valence-corrected chi connectivity index (χ0v) is 14.8. The molecule has 0 unspecified atom stereocenters. The van der Waals surface area contributed by atoms with Crippen LogP contribution in [0.2, 0.25) is 0 Å². The molecule has 0 fully saturated rings. The van der Waals surface area contributed by atoms with E-state index in [9.17, 15) is 0 Å². The third-order valence-corrected chi connectivity index (χ3v) is 6.11. The van der Waals surface area contributed by atoms with Crippen LogP contribution in [0, 0.1) is 0 Å². The average molecular weight is 322 g/mol. The summed E-state index contributed by atoms with van der Waals surface area (Å²) in [5.41, 5.74) is 5.17. The monoisotopic (exact) mass is 322 g/mol. The van der Waals surface area contributed by atoms with Gasteiger partial charge in [0.1, 0.15) is 0 Å². The maximum absolute atomic E-state index is 4.74. The molecule has 0 saturated heterocycles. The summed E-state index contributed by atoms with van der Waals surface area (Å²) in [7, 11) is 0. The molecule has 118 valence electrons. The SMILES string of the molecule is CC(C)(C)c1ccc(-c2cncc3c4c(sc23)CCCC4)nc1. The highest BCUT2D eigenvalue weighted by molar-refractivity contribution is 7.19. The van der Waals surface area contributed by atoms with Gasteiger partial charge in [-0.1, -0.05) is 26.8 Å². The molecule has 0 amide bonds. The van der Waals surface area contributed by atoms with E-state index in [0.717, 1.165) is 5.69 Å². The van der Waals surface area contributed by atoms with E-state index in [-0.39, 0.29) is 5.41 Å². The first-order valence-corrected chi connectivity index (χ1v) is 9.21. The van der Waals surface area contributed by atoms with Crippen molar-refractivity contribution in [2.45, 2.75) is 51.9 Å². The van der Waals surface area contributed by atoms with Crippen LogP contribution in [0.15, 0.2) is 30.7 Å². The van der Waals surface area contributed by atoms with Crippen molar-refractivity contribution in [1.29, 1.82) is 0 Å². The largest absolute Gasteiger partial charge is 0.263 e. The Morgan fingerprint density at radius 2 is 1.83 bits per heavy atom. The molecule has 1 aliphatic carbocycles. The van der Waals surface area contributed by atoms with Crippen molar-refractivity contribution in [1.82, 2.24) is 9.97 Å². The van der Waals surface area contributed by atoms with Crippen LogP contribution in [0.4, 0.5) is 0 Å². The molecule has 0 N–H and O–H groups in total. The number of rotatable bonds is 1. The second-order valence-corrected chi connectivity index (χ2v) is 8.56. The van der Waals surface area contributed by atoms with Crippen LogP contribution >= 0.6 is 11.3 Å². The second kappa shape index (κ2) is 5.41. The maximum Gasteiger partial charge on any atom is 0.0732 e. The van der Waals surface area contributed by atoms with E-state index in [4.69, 9.17) is 4.98 Å². The van der Waals surface area contributed by atoms with E-state index in [1.165, 1.54) is 52.5 Å². The molecule has 0 atom stereocenters. The number of pyridine rings is 2. The fraction of sp³-hybridized carbons (Fsp3) is 0.400. The summed E-state index contributed by atoms with van der Waals surface area (Å²) >= 11 is 1.95. The first-order valence-electron chi connectivity index (χ1n) is 8.39. The highest BCUT2D eigenvalue weighted by Crippen LogP contribution is 2.40. The molecule has 23 heavy (non-hydrogen) atoms. The minimum atomic E-state index is 0.137. The second-order valence-electron chi connectivity index (χ2n) is 7.46. The molecular weight excluding hydrogens is 300 g/mol. The van der Waals surface area contributed by atoms with Gasteiger partial charge in [-0.25, -0.2) is 0 Å². The fourth-order valence-corrected chi connectivity index (χ4v) is 4.73. The van der Waals surface area contributed by atoms with Crippen LogP contribution in [0.3, 0.4) is 0 Å². The number of aryl methyl sites for hydroxylation is 2. The Labute approximate surface area is 141 Å². The molecule has 3 aromatic heterocycles. The van der Waals surface area contributed by atoms with Gasteiger partial charge in [0, 0.05) is 39.1 Å². The third kappa shape index (κ3) is 2.57. The fourth-order valence-electron chi connectivity index (χ4n) is 3.35. The van der Waals surface area contributed by atoms with E-state index in [2.05, 4.69) is 37.9 Å². The van der Waals surface area contributed by atoms with Crippen LogP contribution in [-0.4, -0.2) is 9.97 Å². The summed E-state index contributed by atoms with van der Waals surface area (Å²) < 4.78 is 1.36. The van der Waals surface area contributed by atoms with Crippen molar-refractivity contribution in [3.8, 4) is 11.3 Å². The number of thiophene rings is 1. The minimum Gasteiger partial charge on any atom is -0.263 e. The number of hydrogen-bond acceptors (Lipinski definition) is 3. The summed E-state index contributed by atoms with van der Waals surface area (Å²) in [6, 6.07) is 4.35. The van der Waals surface area contributed by atoms with Gasteiger partial charge in [-0.3, -0.25) is 9.97 Å². The van der Waals surface area contributed by atoms with Crippen LogP contribution in [0.5, 0.6) is 0 Å². The Kier molecular flexibility index (Phi) is 3.49. The highest BCUT2D eigenvalue weighted by Gasteiger charge is 2.19. The minimum absolute atomic E-state index is 0.137. The Bertz CT molecular complexity index is 854. The lowest BCUT2D eigenvalue weighted by atomic mass is 9.88. The molecule has 2 nitrogen and oxygen atoms in total. The first-order chi connectivity index (χ1) is 11.0. The highest BCUT2D eigenvalue weighted by atomic mass is 32.1. The van der Waals surface area contributed by atoms with Crippen molar-refractivity contribution in [3.63, 3.8) is 0 Å². The smallest absolute Gasteiger partial charge is 0.0732 e. The molecule has 0 radical (unpaired) electrons. The predicted molar refractivity (Wildman–Crippen MR) is 98.2 cm³/mol. The lowest BCUT2D eigenvalue weighted by molar-refractivity contribution is 0.587. The molecule has 1 aliphatic rings. The van der Waals surface area contributed by atoms with Crippen LogP contribution in [0.25, 0.3) is 21.3 Å². The first kappa shape index (κ1) is 14.8. The molecule has 3 aromatic rings. The van der Waals surface area contributed by atoms with Crippen molar-refractivity contribution < 1.29 is 0 Å². The van der Waals surface area contributed by atoms with Crippen LogP contribution in [0.1, 0.15) is 49.6 Å². The lowest BCUT2D eigenvalue weighted by Gasteiger charge is -2.18. The van der Waals surface area contributed by atoms with Gasteiger partial charge in [-0.15, -0.1) is 11.3 Å². The van der Waals surface area contributed by atoms with Gasteiger partial charge in [-0.05, 0) is 48.3 Å². The van der Waals surface area contributed by atoms with Crippen LogP contribution in [-0.2, 0) is 18.3 Å². The van der Waals surface area contributed by atoms with Gasteiger partial charge in [0.05, 0.1) is 5.69 Å². The van der Waals surface area contributed by atoms with Gasteiger partial charge in [-0.2, -0.15) is 0 Å². The van der Waals surface area contributed by atoms with E-state index in [0.29, 0.717) is 0 Å². The van der Waals surface area contributed by atoms with Gasteiger partial charge < -0.3 is 0 Å². The topological polar surface area (TPSA) is 25.8 Å². The Hall–Kier alpha value is -1.74. The number of aromatic nitrogens is 2. The Morgan fingerprint density at radius 3 is 2.57 bits per heavy atom. The van der Waals surface area contributed by atoms with Gasteiger partial charge in [0.2, 0.25) is 0 Å². The van der Waals surface area contributed by atoms with Gasteiger partial charge in [0.15, 0.2) is 0 Å². The van der Waals surface area contributed by atoms with Crippen LogP contribution < -0.4 is 0 Å². The zero-order chi connectivity index (χ0) is 16.0. The Balaban J connectivity index is 1.84. The lowest BCUT2D eigenvalue weighted by Crippen LogP contribution is -2.11. The van der Waals surface area contributed by atoms with Crippen molar-refractivity contribution in [3.05, 3.63) is 46.7 Å². The summed E-state index contributed by atoms with van der Waals surface area (Å²) in [5, 5.41) is 1.35. The molecular formula is C20H22N2S. The van der Waals surface area contributed by atoms with E-state index >= 15 is 0 Å². The van der Waals surface area contributed by atoms with Gasteiger partial charge >= 0.3 is 0 Å². The third-order valence-electron chi connectivity index (χ3n) is 4.77. The number of nitrogens with zero attached hydrogens (tertiary/aromatic N) is 2. The summed E-state index contributed by atoms with van der Waals surface area (Å²) in [6.07, 6.45) is 11.1.